The van der Waals surface area contributed by atoms with Crippen LogP contribution in [0.3, 0.4) is 0 Å². The first-order valence-corrected chi connectivity index (χ1v) is 9.53. The molecule has 0 aliphatic carbocycles. The van der Waals surface area contributed by atoms with Gasteiger partial charge in [-0.2, -0.15) is 0 Å². The molecular formula is C20H24ClN5. The van der Waals surface area contributed by atoms with E-state index in [1.807, 2.05) is 30.6 Å². The summed E-state index contributed by atoms with van der Waals surface area (Å²) in [5.41, 5.74) is 2.70. The van der Waals surface area contributed by atoms with Crippen molar-refractivity contribution >= 4 is 28.6 Å². The van der Waals surface area contributed by atoms with E-state index in [0.29, 0.717) is 6.54 Å². The molecule has 1 fully saturated rings. The SMILES string of the molecule is CC(C)(C)c1nc(N2CCCC2)c2ncn(Cc3ccccc3Cl)c2n1. The highest BCUT2D eigenvalue weighted by Gasteiger charge is 2.25. The van der Waals surface area contributed by atoms with Crippen LogP contribution in [0.2, 0.25) is 5.02 Å². The Balaban J connectivity index is 1.85. The number of nitrogens with zero attached hydrogens (tertiary/aromatic N) is 5. The first-order valence-electron chi connectivity index (χ1n) is 9.15. The molecule has 3 heterocycles. The van der Waals surface area contributed by atoms with Crippen molar-refractivity contribution in [3.63, 3.8) is 0 Å². The predicted octanol–water partition coefficient (Wildman–Crippen LogP) is 4.43. The normalized spacial score (nSPS) is 15.2. The van der Waals surface area contributed by atoms with Crippen LogP contribution in [0.5, 0.6) is 0 Å². The molecule has 1 aliphatic rings. The molecule has 0 amide bonds. The molecule has 26 heavy (non-hydrogen) atoms. The van der Waals surface area contributed by atoms with Crippen molar-refractivity contribution in [2.24, 2.45) is 0 Å². The van der Waals surface area contributed by atoms with Crippen molar-refractivity contribution in [1.82, 2.24) is 19.5 Å². The smallest absolute Gasteiger partial charge is 0.166 e. The molecule has 1 aliphatic heterocycles. The number of fused-ring (bicyclic) bond motifs is 1. The van der Waals surface area contributed by atoms with E-state index in [4.69, 9.17) is 21.6 Å². The van der Waals surface area contributed by atoms with Gasteiger partial charge in [-0.3, -0.25) is 0 Å². The molecule has 0 N–H and O–H groups in total. The predicted molar refractivity (Wildman–Crippen MR) is 106 cm³/mol. The fourth-order valence-electron chi connectivity index (χ4n) is 3.34. The molecule has 0 unspecified atom stereocenters. The molecule has 4 rings (SSSR count). The van der Waals surface area contributed by atoms with Crippen molar-refractivity contribution in [3.8, 4) is 0 Å². The molecule has 0 spiro atoms. The van der Waals surface area contributed by atoms with E-state index in [1.165, 1.54) is 12.8 Å². The number of halogens is 1. The van der Waals surface area contributed by atoms with E-state index in [9.17, 15) is 0 Å². The number of hydrogen-bond acceptors (Lipinski definition) is 4. The van der Waals surface area contributed by atoms with E-state index >= 15 is 0 Å². The zero-order valence-corrected chi connectivity index (χ0v) is 16.3. The highest BCUT2D eigenvalue weighted by atomic mass is 35.5. The fraction of sp³-hybridized carbons (Fsp3) is 0.450. The van der Waals surface area contributed by atoms with E-state index in [2.05, 4.69) is 35.2 Å². The Bertz CT molecular complexity index is 935. The molecule has 2 aromatic heterocycles. The highest BCUT2D eigenvalue weighted by molar-refractivity contribution is 6.31. The average molecular weight is 370 g/mol. The van der Waals surface area contributed by atoms with Gasteiger partial charge in [0.05, 0.1) is 12.9 Å². The molecule has 0 radical (unpaired) electrons. The monoisotopic (exact) mass is 369 g/mol. The van der Waals surface area contributed by atoms with E-state index in [-0.39, 0.29) is 5.41 Å². The first kappa shape index (κ1) is 17.3. The number of benzene rings is 1. The molecule has 0 saturated carbocycles. The van der Waals surface area contributed by atoms with Gasteiger partial charge in [0.25, 0.3) is 0 Å². The third-order valence-corrected chi connectivity index (χ3v) is 5.19. The molecule has 5 nitrogen and oxygen atoms in total. The van der Waals surface area contributed by atoms with Gasteiger partial charge in [-0.05, 0) is 24.5 Å². The second kappa shape index (κ2) is 6.54. The molecule has 3 aromatic rings. The summed E-state index contributed by atoms with van der Waals surface area (Å²) in [6.45, 7) is 9.17. The fourth-order valence-corrected chi connectivity index (χ4v) is 3.54. The van der Waals surface area contributed by atoms with Crippen molar-refractivity contribution in [1.29, 1.82) is 0 Å². The Morgan fingerprint density at radius 3 is 2.50 bits per heavy atom. The van der Waals surface area contributed by atoms with Gasteiger partial charge in [-0.15, -0.1) is 0 Å². The Hall–Kier alpha value is -2.14. The minimum Gasteiger partial charge on any atom is -0.355 e. The lowest BCUT2D eigenvalue weighted by Crippen LogP contribution is -2.23. The van der Waals surface area contributed by atoms with Crippen molar-refractivity contribution in [2.45, 2.75) is 45.6 Å². The second-order valence-electron chi connectivity index (χ2n) is 7.95. The van der Waals surface area contributed by atoms with Crippen LogP contribution in [0.4, 0.5) is 5.82 Å². The average Bonchev–Trinajstić information content (AvgIpc) is 3.25. The number of rotatable bonds is 3. The topological polar surface area (TPSA) is 46.8 Å². The maximum absolute atomic E-state index is 6.36. The van der Waals surface area contributed by atoms with Crippen molar-refractivity contribution in [2.75, 3.05) is 18.0 Å². The van der Waals surface area contributed by atoms with Crippen molar-refractivity contribution < 1.29 is 0 Å². The number of hydrogen-bond donors (Lipinski definition) is 0. The third-order valence-electron chi connectivity index (χ3n) is 4.82. The molecular weight excluding hydrogens is 346 g/mol. The van der Waals surface area contributed by atoms with Crippen LogP contribution in [0, 0.1) is 0 Å². The van der Waals surface area contributed by atoms with Gasteiger partial charge in [-0.1, -0.05) is 50.6 Å². The van der Waals surface area contributed by atoms with Gasteiger partial charge in [0.2, 0.25) is 0 Å². The van der Waals surface area contributed by atoms with Crippen LogP contribution in [0.15, 0.2) is 30.6 Å². The summed E-state index contributed by atoms with van der Waals surface area (Å²) in [4.78, 5) is 16.8. The minimum absolute atomic E-state index is 0.123. The lowest BCUT2D eigenvalue weighted by atomic mass is 9.96. The van der Waals surface area contributed by atoms with Crippen LogP contribution in [0.1, 0.15) is 45.0 Å². The number of anilines is 1. The molecule has 1 saturated heterocycles. The summed E-state index contributed by atoms with van der Waals surface area (Å²) in [5, 5.41) is 0.763. The van der Waals surface area contributed by atoms with E-state index < -0.39 is 0 Å². The Kier molecular flexibility index (Phi) is 4.35. The van der Waals surface area contributed by atoms with Gasteiger partial charge >= 0.3 is 0 Å². The van der Waals surface area contributed by atoms with Crippen molar-refractivity contribution in [3.05, 3.63) is 47.0 Å². The number of imidazole rings is 1. The molecule has 1 aromatic carbocycles. The second-order valence-corrected chi connectivity index (χ2v) is 8.36. The standard InChI is InChI=1S/C20H24ClN5/c1-20(2,3)19-23-17(25-10-6-7-11-25)16-18(24-19)26(13-22-16)12-14-8-4-5-9-15(14)21/h4-5,8-9,13H,6-7,10-12H2,1-3H3. The maximum Gasteiger partial charge on any atom is 0.166 e. The van der Waals surface area contributed by atoms with Gasteiger partial charge in [-0.25, -0.2) is 15.0 Å². The number of aromatic nitrogens is 4. The molecule has 6 heteroatoms. The Morgan fingerprint density at radius 1 is 1.08 bits per heavy atom. The van der Waals surface area contributed by atoms with Crippen LogP contribution in [0.25, 0.3) is 11.2 Å². The van der Waals surface area contributed by atoms with E-state index in [1.54, 1.807) is 0 Å². The summed E-state index contributed by atoms with van der Waals surface area (Å²) in [5.74, 6) is 1.82. The Morgan fingerprint density at radius 2 is 1.81 bits per heavy atom. The first-order chi connectivity index (χ1) is 12.4. The van der Waals surface area contributed by atoms with Gasteiger partial charge in [0.15, 0.2) is 17.0 Å². The summed E-state index contributed by atoms with van der Waals surface area (Å²) in [6.07, 6.45) is 4.27. The molecule has 0 atom stereocenters. The third kappa shape index (κ3) is 3.16. The van der Waals surface area contributed by atoms with Crippen LogP contribution < -0.4 is 4.90 Å². The summed E-state index contributed by atoms with van der Waals surface area (Å²) < 4.78 is 2.08. The quantitative estimate of drug-likeness (QED) is 0.685. The zero-order chi connectivity index (χ0) is 18.3. The largest absolute Gasteiger partial charge is 0.355 e. The highest BCUT2D eigenvalue weighted by Crippen LogP contribution is 2.30. The molecule has 0 bridgehead atoms. The summed E-state index contributed by atoms with van der Waals surface area (Å²) in [6, 6.07) is 7.91. The maximum atomic E-state index is 6.36. The minimum atomic E-state index is -0.123. The van der Waals surface area contributed by atoms with Gasteiger partial charge < -0.3 is 9.47 Å². The van der Waals surface area contributed by atoms with Gasteiger partial charge in [0.1, 0.15) is 5.82 Å². The van der Waals surface area contributed by atoms with Gasteiger partial charge in [0, 0.05) is 23.5 Å². The van der Waals surface area contributed by atoms with Crippen LogP contribution in [-0.4, -0.2) is 32.6 Å². The van der Waals surface area contributed by atoms with Crippen LogP contribution in [-0.2, 0) is 12.0 Å². The summed E-state index contributed by atoms with van der Waals surface area (Å²) in [7, 11) is 0. The lowest BCUT2D eigenvalue weighted by molar-refractivity contribution is 0.546. The molecule has 136 valence electrons. The van der Waals surface area contributed by atoms with Crippen LogP contribution >= 0.6 is 11.6 Å². The summed E-state index contributed by atoms with van der Waals surface area (Å²) >= 11 is 6.36. The Labute approximate surface area is 159 Å². The van der Waals surface area contributed by atoms with E-state index in [0.717, 1.165) is 46.5 Å². The lowest BCUT2D eigenvalue weighted by Gasteiger charge is -2.22. The zero-order valence-electron chi connectivity index (χ0n) is 15.5.